The van der Waals surface area contributed by atoms with Gasteiger partial charge in [-0.1, -0.05) is 6.07 Å². The zero-order valence-electron chi connectivity index (χ0n) is 9.61. The molecular formula is C12H15FO4. The number of carbonyl (C=O) groups is 1. The maximum absolute atomic E-state index is 13.4. The van der Waals surface area contributed by atoms with Crippen LogP contribution in [0.5, 0.6) is 0 Å². The van der Waals surface area contributed by atoms with Crippen LogP contribution in [-0.2, 0) is 16.1 Å². The number of methoxy groups -OCH3 is 1. The largest absolute Gasteiger partial charge is 0.478 e. The molecule has 0 spiro atoms. The quantitative estimate of drug-likeness (QED) is 0.744. The monoisotopic (exact) mass is 242 g/mol. The maximum Gasteiger partial charge on any atom is 0.335 e. The molecule has 0 aliphatic heterocycles. The molecule has 94 valence electrons. The van der Waals surface area contributed by atoms with Crippen molar-refractivity contribution in [2.75, 3.05) is 20.3 Å². The summed E-state index contributed by atoms with van der Waals surface area (Å²) in [5.41, 5.74) is 0.290. The summed E-state index contributed by atoms with van der Waals surface area (Å²) in [5.74, 6) is -1.70. The molecule has 0 heterocycles. The van der Waals surface area contributed by atoms with Gasteiger partial charge in [-0.2, -0.15) is 0 Å². The molecule has 0 bridgehead atoms. The second kappa shape index (κ2) is 6.98. The summed E-state index contributed by atoms with van der Waals surface area (Å²) >= 11 is 0. The Labute approximate surface area is 99.0 Å². The maximum atomic E-state index is 13.4. The number of hydrogen-bond donors (Lipinski definition) is 1. The van der Waals surface area contributed by atoms with Gasteiger partial charge in [0.05, 0.1) is 12.2 Å². The first-order valence-corrected chi connectivity index (χ1v) is 5.23. The van der Waals surface area contributed by atoms with Gasteiger partial charge >= 0.3 is 5.97 Å². The van der Waals surface area contributed by atoms with E-state index in [1.807, 2.05) is 0 Å². The molecular weight excluding hydrogens is 227 g/mol. The smallest absolute Gasteiger partial charge is 0.335 e. The minimum atomic E-state index is -1.14. The van der Waals surface area contributed by atoms with Crippen molar-refractivity contribution in [3.63, 3.8) is 0 Å². The first-order valence-electron chi connectivity index (χ1n) is 5.23. The lowest BCUT2D eigenvalue weighted by atomic mass is 10.1. The fourth-order valence-electron chi connectivity index (χ4n) is 1.28. The van der Waals surface area contributed by atoms with Crippen LogP contribution in [0.3, 0.4) is 0 Å². The summed E-state index contributed by atoms with van der Waals surface area (Å²) in [6.07, 6.45) is 0.741. The van der Waals surface area contributed by atoms with Crippen LogP contribution in [0.4, 0.5) is 4.39 Å². The predicted octanol–water partition coefficient (Wildman–Crippen LogP) is 2.08. The van der Waals surface area contributed by atoms with Crippen molar-refractivity contribution >= 4 is 5.97 Å². The van der Waals surface area contributed by atoms with E-state index in [9.17, 15) is 9.18 Å². The Kier molecular flexibility index (Phi) is 5.59. The van der Waals surface area contributed by atoms with Gasteiger partial charge < -0.3 is 14.6 Å². The molecule has 17 heavy (non-hydrogen) atoms. The second-order valence-electron chi connectivity index (χ2n) is 3.51. The number of halogens is 1. The molecule has 0 unspecified atom stereocenters. The third-order valence-electron chi connectivity index (χ3n) is 2.19. The molecule has 1 N–H and O–H groups in total. The highest BCUT2D eigenvalue weighted by Crippen LogP contribution is 2.11. The molecule has 0 aromatic heterocycles. The van der Waals surface area contributed by atoms with E-state index < -0.39 is 11.8 Å². The number of rotatable bonds is 7. The highest BCUT2D eigenvalue weighted by atomic mass is 19.1. The molecule has 0 atom stereocenters. The van der Waals surface area contributed by atoms with Crippen LogP contribution >= 0.6 is 0 Å². The Morgan fingerprint density at radius 3 is 2.76 bits per heavy atom. The number of hydrogen-bond acceptors (Lipinski definition) is 3. The van der Waals surface area contributed by atoms with Gasteiger partial charge in [0.25, 0.3) is 0 Å². The van der Waals surface area contributed by atoms with Crippen molar-refractivity contribution in [2.45, 2.75) is 13.0 Å². The van der Waals surface area contributed by atoms with E-state index in [0.717, 1.165) is 12.5 Å². The molecule has 0 aliphatic rings. The van der Waals surface area contributed by atoms with Gasteiger partial charge in [-0.05, 0) is 18.6 Å². The molecule has 4 nitrogen and oxygen atoms in total. The van der Waals surface area contributed by atoms with E-state index in [2.05, 4.69) is 0 Å². The van der Waals surface area contributed by atoms with Crippen molar-refractivity contribution in [3.05, 3.63) is 35.1 Å². The molecule has 0 fully saturated rings. The summed E-state index contributed by atoms with van der Waals surface area (Å²) < 4.78 is 23.5. The van der Waals surface area contributed by atoms with E-state index >= 15 is 0 Å². The predicted molar refractivity (Wildman–Crippen MR) is 59.5 cm³/mol. The fourth-order valence-corrected chi connectivity index (χ4v) is 1.28. The average Bonchev–Trinajstić information content (AvgIpc) is 2.30. The van der Waals surface area contributed by atoms with E-state index in [0.29, 0.717) is 18.8 Å². The highest BCUT2D eigenvalue weighted by molar-refractivity contribution is 5.87. The standard InChI is InChI=1S/C12H15FO4/c1-16-5-2-6-17-8-10-4-3-9(12(14)15)7-11(10)13/h3-4,7H,2,5-6,8H2,1H3,(H,14,15). The molecule has 0 amide bonds. The van der Waals surface area contributed by atoms with Crippen LogP contribution < -0.4 is 0 Å². The molecule has 0 saturated heterocycles. The topological polar surface area (TPSA) is 55.8 Å². The summed E-state index contributed by atoms with van der Waals surface area (Å²) in [7, 11) is 1.60. The van der Waals surface area contributed by atoms with E-state index in [4.69, 9.17) is 14.6 Å². The summed E-state index contributed by atoms with van der Waals surface area (Å²) in [6, 6.07) is 3.78. The highest BCUT2D eigenvalue weighted by Gasteiger charge is 2.08. The Balaban J connectivity index is 2.46. The van der Waals surface area contributed by atoms with Crippen molar-refractivity contribution in [3.8, 4) is 0 Å². The Bertz CT molecular complexity index is 379. The van der Waals surface area contributed by atoms with Crippen molar-refractivity contribution in [1.82, 2.24) is 0 Å². The van der Waals surface area contributed by atoms with Crippen LogP contribution in [-0.4, -0.2) is 31.4 Å². The first-order chi connectivity index (χ1) is 8.15. The van der Waals surface area contributed by atoms with Gasteiger partial charge in [0.15, 0.2) is 0 Å². The summed E-state index contributed by atoms with van der Waals surface area (Å²) in [4.78, 5) is 10.6. The van der Waals surface area contributed by atoms with Gasteiger partial charge in [-0.15, -0.1) is 0 Å². The van der Waals surface area contributed by atoms with Crippen LogP contribution in [0.25, 0.3) is 0 Å². The van der Waals surface area contributed by atoms with Crippen molar-refractivity contribution in [2.24, 2.45) is 0 Å². The molecule has 1 rings (SSSR count). The fraction of sp³-hybridized carbons (Fsp3) is 0.417. The molecule has 1 aromatic carbocycles. The lowest BCUT2D eigenvalue weighted by molar-refractivity contribution is 0.0695. The van der Waals surface area contributed by atoms with Crippen LogP contribution in [0.1, 0.15) is 22.3 Å². The third kappa shape index (κ3) is 4.50. The summed E-state index contributed by atoms with van der Waals surface area (Å²) in [6.45, 7) is 1.21. The van der Waals surface area contributed by atoms with Crippen molar-refractivity contribution in [1.29, 1.82) is 0 Å². The number of carboxylic acid groups (broad SMARTS) is 1. The number of ether oxygens (including phenoxy) is 2. The minimum absolute atomic E-state index is 0.0642. The number of carboxylic acids is 1. The Morgan fingerprint density at radius 1 is 1.41 bits per heavy atom. The van der Waals surface area contributed by atoms with Gasteiger partial charge in [0, 0.05) is 25.9 Å². The SMILES string of the molecule is COCCCOCc1ccc(C(=O)O)cc1F. The zero-order valence-corrected chi connectivity index (χ0v) is 9.61. The Hall–Kier alpha value is -1.46. The van der Waals surface area contributed by atoms with Gasteiger partial charge in [0.2, 0.25) is 0 Å². The van der Waals surface area contributed by atoms with Crippen LogP contribution in [0.2, 0.25) is 0 Å². The molecule has 0 saturated carbocycles. The second-order valence-corrected chi connectivity index (χ2v) is 3.51. The average molecular weight is 242 g/mol. The van der Waals surface area contributed by atoms with Gasteiger partial charge in [-0.3, -0.25) is 0 Å². The lowest BCUT2D eigenvalue weighted by Crippen LogP contribution is -2.03. The molecule has 5 heteroatoms. The third-order valence-corrected chi connectivity index (χ3v) is 2.19. The minimum Gasteiger partial charge on any atom is -0.478 e. The normalized spacial score (nSPS) is 10.5. The number of aromatic carboxylic acids is 1. The zero-order chi connectivity index (χ0) is 12.7. The number of benzene rings is 1. The van der Waals surface area contributed by atoms with E-state index in [1.54, 1.807) is 7.11 Å². The van der Waals surface area contributed by atoms with E-state index in [-0.39, 0.29) is 12.2 Å². The van der Waals surface area contributed by atoms with Crippen molar-refractivity contribution < 1.29 is 23.8 Å². The van der Waals surface area contributed by atoms with Crippen LogP contribution in [0.15, 0.2) is 18.2 Å². The van der Waals surface area contributed by atoms with E-state index in [1.165, 1.54) is 12.1 Å². The van der Waals surface area contributed by atoms with Crippen LogP contribution in [0, 0.1) is 5.82 Å². The molecule has 0 radical (unpaired) electrons. The Morgan fingerprint density at radius 2 is 2.18 bits per heavy atom. The lowest BCUT2D eigenvalue weighted by Gasteiger charge is -2.06. The van der Waals surface area contributed by atoms with Gasteiger partial charge in [-0.25, -0.2) is 9.18 Å². The molecule has 0 aliphatic carbocycles. The summed E-state index contributed by atoms with van der Waals surface area (Å²) in [5, 5.41) is 8.66. The molecule has 1 aromatic rings. The first kappa shape index (κ1) is 13.6. The van der Waals surface area contributed by atoms with Gasteiger partial charge in [0.1, 0.15) is 5.82 Å².